The van der Waals surface area contributed by atoms with Gasteiger partial charge in [-0.2, -0.15) is 0 Å². The van der Waals surface area contributed by atoms with Crippen molar-refractivity contribution >= 4 is 29.0 Å². The van der Waals surface area contributed by atoms with Crippen molar-refractivity contribution in [3.63, 3.8) is 0 Å². The van der Waals surface area contributed by atoms with E-state index in [0.717, 1.165) is 30.5 Å². The summed E-state index contributed by atoms with van der Waals surface area (Å²) in [5.74, 6) is 0.117. The Bertz CT molecular complexity index is 1000. The molecule has 2 amide bonds. The van der Waals surface area contributed by atoms with Crippen molar-refractivity contribution in [2.75, 3.05) is 22.9 Å². The van der Waals surface area contributed by atoms with Gasteiger partial charge in [-0.1, -0.05) is 25.1 Å². The molecule has 4 rings (SSSR count). The Balaban J connectivity index is 1.64. The van der Waals surface area contributed by atoms with Crippen LogP contribution in [0.4, 0.5) is 11.4 Å². The lowest BCUT2D eigenvalue weighted by atomic mass is 10.0. The van der Waals surface area contributed by atoms with Crippen molar-refractivity contribution in [1.82, 2.24) is 0 Å². The lowest BCUT2D eigenvalue weighted by Crippen LogP contribution is -2.50. The van der Waals surface area contributed by atoms with Crippen LogP contribution in [0.15, 0.2) is 42.5 Å². The number of hydrogen-bond donors (Lipinski definition) is 0. The molecule has 1 unspecified atom stereocenters. The number of benzene rings is 2. The van der Waals surface area contributed by atoms with Gasteiger partial charge in [-0.05, 0) is 56.0 Å². The SMILES string of the molecule is CCCC(=O)c1ccc2c(c1)N(CC(=O)N1CCCc3ccccc31)C(=O)C(C)O2. The minimum Gasteiger partial charge on any atom is -0.479 e. The first-order valence-corrected chi connectivity index (χ1v) is 10.5. The average Bonchev–Trinajstić information content (AvgIpc) is 2.76. The molecule has 2 aliphatic heterocycles. The first kappa shape index (κ1) is 20.1. The Hall–Kier alpha value is -3.15. The van der Waals surface area contributed by atoms with Crippen molar-refractivity contribution in [2.45, 2.75) is 45.6 Å². The van der Waals surface area contributed by atoms with Crippen LogP contribution in [0.5, 0.6) is 5.75 Å². The van der Waals surface area contributed by atoms with E-state index in [2.05, 4.69) is 0 Å². The van der Waals surface area contributed by atoms with Crippen molar-refractivity contribution in [3.05, 3.63) is 53.6 Å². The van der Waals surface area contributed by atoms with E-state index in [9.17, 15) is 14.4 Å². The molecule has 1 atom stereocenters. The molecule has 0 saturated carbocycles. The number of carbonyl (C=O) groups is 3. The fraction of sp³-hybridized carbons (Fsp3) is 0.375. The van der Waals surface area contributed by atoms with E-state index in [0.29, 0.717) is 30.0 Å². The van der Waals surface area contributed by atoms with Gasteiger partial charge in [0.05, 0.1) is 5.69 Å². The Morgan fingerprint density at radius 2 is 1.93 bits per heavy atom. The van der Waals surface area contributed by atoms with Crippen LogP contribution in [0.2, 0.25) is 0 Å². The Kier molecular flexibility index (Phi) is 5.57. The number of rotatable bonds is 5. The van der Waals surface area contributed by atoms with Crippen LogP contribution in [0.25, 0.3) is 0 Å². The number of nitrogens with zero attached hydrogens (tertiary/aromatic N) is 2. The number of Topliss-reactive ketones (excluding diaryl/α,β-unsaturated/α-hetero) is 1. The number of ether oxygens (including phenoxy) is 1. The van der Waals surface area contributed by atoms with Gasteiger partial charge >= 0.3 is 0 Å². The van der Waals surface area contributed by atoms with Crippen molar-refractivity contribution in [2.24, 2.45) is 0 Å². The monoisotopic (exact) mass is 406 g/mol. The highest BCUT2D eigenvalue weighted by atomic mass is 16.5. The Labute approximate surface area is 176 Å². The minimum atomic E-state index is -0.684. The van der Waals surface area contributed by atoms with Crippen LogP contribution in [0, 0.1) is 0 Å². The molecule has 2 heterocycles. The first-order chi connectivity index (χ1) is 14.5. The molecule has 0 fully saturated rings. The molecule has 6 heteroatoms. The van der Waals surface area contributed by atoms with Gasteiger partial charge < -0.3 is 9.64 Å². The first-order valence-electron chi connectivity index (χ1n) is 10.5. The highest BCUT2D eigenvalue weighted by Crippen LogP contribution is 2.36. The van der Waals surface area contributed by atoms with Gasteiger partial charge in [0.1, 0.15) is 12.3 Å². The summed E-state index contributed by atoms with van der Waals surface area (Å²) < 4.78 is 5.72. The Morgan fingerprint density at radius 1 is 1.13 bits per heavy atom. The van der Waals surface area contributed by atoms with Gasteiger partial charge in [0, 0.05) is 24.2 Å². The van der Waals surface area contributed by atoms with Gasteiger partial charge in [-0.25, -0.2) is 0 Å². The predicted molar refractivity (Wildman–Crippen MR) is 115 cm³/mol. The summed E-state index contributed by atoms with van der Waals surface area (Å²) in [5, 5.41) is 0. The van der Waals surface area contributed by atoms with Crippen LogP contribution in [0.3, 0.4) is 0 Å². The van der Waals surface area contributed by atoms with Gasteiger partial charge in [0.15, 0.2) is 11.9 Å². The van der Waals surface area contributed by atoms with Gasteiger partial charge in [0.25, 0.3) is 5.91 Å². The molecule has 6 nitrogen and oxygen atoms in total. The molecule has 2 aromatic rings. The molecular formula is C24H26N2O4. The maximum absolute atomic E-state index is 13.2. The summed E-state index contributed by atoms with van der Waals surface area (Å²) >= 11 is 0. The smallest absolute Gasteiger partial charge is 0.268 e. The number of anilines is 2. The van der Waals surface area contributed by atoms with Crippen molar-refractivity contribution < 1.29 is 19.1 Å². The number of fused-ring (bicyclic) bond motifs is 2. The lowest BCUT2D eigenvalue weighted by Gasteiger charge is -2.35. The Morgan fingerprint density at radius 3 is 2.73 bits per heavy atom. The molecule has 0 aliphatic carbocycles. The third-order valence-electron chi connectivity index (χ3n) is 5.67. The molecular weight excluding hydrogens is 380 g/mol. The number of carbonyl (C=O) groups excluding carboxylic acids is 3. The normalized spacial score (nSPS) is 17.8. The highest BCUT2D eigenvalue weighted by Gasteiger charge is 2.35. The number of aryl methyl sites for hydroxylation is 1. The highest BCUT2D eigenvalue weighted by molar-refractivity contribution is 6.08. The summed E-state index contributed by atoms with van der Waals surface area (Å²) in [7, 11) is 0. The van der Waals surface area contributed by atoms with E-state index in [1.54, 1.807) is 30.0 Å². The summed E-state index contributed by atoms with van der Waals surface area (Å²) in [4.78, 5) is 41.7. The number of hydrogen-bond acceptors (Lipinski definition) is 4. The van der Waals surface area contributed by atoms with E-state index < -0.39 is 6.10 Å². The molecule has 0 bridgehead atoms. The standard InChI is InChI=1S/C24H26N2O4/c1-3-7-21(27)18-11-12-22-20(14-18)26(24(29)16(2)30-22)15-23(28)25-13-6-9-17-8-4-5-10-19(17)25/h4-5,8,10-12,14,16H,3,6-7,9,13,15H2,1-2H3. The van der Waals surface area contributed by atoms with E-state index >= 15 is 0 Å². The van der Waals surface area contributed by atoms with Crippen molar-refractivity contribution in [1.29, 1.82) is 0 Å². The maximum Gasteiger partial charge on any atom is 0.268 e. The number of ketones is 1. The average molecular weight is 406 g/mol. The maximum atomic E-state index is 13.2. The summed E-state index contributed by atoms with van der Waals surface area (Å²) in [6.45, 7) is 4.17. The largest absolute Gasteiger partial charge is 0.479 e. The molecule has 0 N–H and O–H groups in total. The van der Waals surface area contributed by atoms with Gasteiger partial charge in [-0.3, -0.25) is 19.3 Å². The van der Waals surface area contributed by atoms with Crippen LogP contribution in [-0.4, -0.2) is 36.8 Å². The number of para-hydroxylation sites is 1. The van der Waals surface area contributed by atoms with E-state index in [1.807, 2.05) is 31.2 Å². The molecule has 2 aliphatic rings. The lowest BCUT2D eigenvalue weighted by molar-refractivity contribution is -0.127. The van der Waals surface area contributed by atoms with E-state index in [4.69, 9.17) is 4.74 Å². The molecule has 0 saturated heterocycles. The van der Waals surface area contributed by atoms with E-state index in [-0.39, 0.29) is 24.1 Å². The zero-order valence-corrected chi connectivity index (χ0v) is 17.4. The zero-order valence-electron chi connectivity index (χ0n) is 17.4. The third-order valence-corrected chi connectivity index (χ3v) is 5.67. The van der Waals surface area contributed by atoms with E-state index in [1.165, 1.54) is 4.90 Å². The number of amides is 2. The van der Waals surface area contributed by atoms with Gasteiger partial charge in [-0.15, -0.1) is 0 Å². The van der Waals surface area contributed by atoms with Crippen molar-refractivity contribution in [3.8, 4) is 5.75 Å². The van der Waals surface area contributed by atoms with Crippen LogP contribution < -0.4 is 14.5 Å². The fourth-order valence-corrected chi connectivity index (χ4v) is 4.13. The summed E-state index contributed by atoms with van der Waals surface area (Å²) in [6.07, 6.45) is 2.34. The van der Waals surface area contributed by atoms with Crippen LogP contribution in [0.1, 0.15) is 49.0 Å². The molecule has 2 aromatic carbocycles. The fourth-order valence-electron chi connectivity index (χ4n) is 4.13. The molecule has 156 valence electrons. The quantitative estimate of drug-likeness (QED) is 0.709. The zero-order chi connectivity index (χ0) is 21.3. The summed E-state index contributed by atoms with van der Waals surface area (Å²) in [6, 6.07) is 13.0. The molecule has 30 heavy (non-hydrogen) atoms. The van der Waals surface area contributed by atoms with Gasteiger partial charge in [0.2, 0.25) is 5.91 Å². The molecule has 0 radical (unpaired) electrons. The van der Waals surface area contributed by atoms with Crippen LogP contribution in [-0.2, 0) is 16.0 Å². The second-order valence-corrected chi connectivity index (χ2v) is 7.82. The molecule has 0 spiro atoms. The second kappa shape index (κ2) is 8.30. The third kappa shape index (κ3) is 3.70. The topological polar surface area (TPSA) is 66.9 Å². The minimum absolute atomic E-state index is 0.0163. The summed E-state index contributed by atoms with van der Waals surface area (Å²) in [5.41, 5.74) is 3.07. The predicted octanol–water partition coefficient (Wildman–Crippen LogP) is 3.76. The van der Waals surface area contributed by atoms with Crippen LogP contribution >= 0.6 is 0 Å². The second-order valence-electron chi connectivity index (χ2n) is 7.82. The molecule has 0 aromatic heterocycles.